The summed E-state index contributed by atoms with van der Waals surface area (Å²) in [5.41, 5.74) is 2.84. The molecular weight excluding hydrogens is 426 g/mol. The third-order valence-corrected chi connectivity index (χ3v) is 6.61. The molecule has 0 aliphatic heterocycles. The molecule has 1 amide bonds. The van der Waals surface area contributed by atoms with Crippen molar-refractivity contribution < 1.29 is 22.5 Å². The molecule has 0 aliphatic carbocycles. The normalized spacial score (nSPS) is 12.1. The van der Waals surface area contributed by atoms with Gasteiger partial charge in [0.2, 0.25) is 0 Å². The number of amides is 1. The molecule has 0 atom stereocenters. The van der Waals surface area contributed by atoms with E-state index in [-0.39, 0.29) is 35.1 Å². The van der Waals surface area contributed by atoms with E-state index in [0.717, 1.165) is 0 Å². The van der Waals surface area contributed by atoms with Crippen LogP contribution < -0.4 is 8.49 Å². The van der Waals surface area contributed by atoms with E-state index in [4.69, 9.17) is 4.18 Å². The van der Waals surface area contributed by atoms with Crippen molar-refractivity contribution in [1.82, 2.24) is 0 Å². The number of para-hydroxylation sites is 2. The third-order valence-electron chi connectivity index (χ3n) is 5.45. The number of nitrogens with zero attached hydrogens (tertiary/aromatic N) is 1. The van der Waals surface area contributed by atoms with Crippen molar-refractivity contribution in [1.29, 1.82) is 0 Å². The van der Waals surface area contributed by atoms with Gasteiger partial charge in [-0.1, -0.05) is 91.8 Å². The Bertz CT molecular complexity index is 1020. The van der Waals surface area contributed by atoms with E-state index < -0.39 is 16.4 Å². The van der Waals surface area contributed by atoms with E-state index in [9.17, 15) is 18.3 Å². The maximum Gasteiger partial charge on any atom is 0.428 e. The smallest absolute Gasteiger partial charge is 0.428 e. The lowest BCUT2D eigenvalue weighted by Gasteiger charge is -2.28. The first-order valence-corrected chi connectivity index (χ1v) is 12.4. The number of rotatable bonds is 8. The van der Waals surface area contributed by atoms with Gasteiger partial charge in [0, 0.05) is 0 Å². The molecule has 0 bridgehead atoms. The van der Waals surface area contributed by atoms with Crippen LogP contribution in [0.2, 0.25) is 0 Å². The Kier molecular flexibility index (Phi) is 7.99. The topological polar surface area (TPSA) is 83.9 Å². The van der Waals surface area contributed by atoms with Crippen LogP contribution in [0.5, 0.6) is 5.75 Å². The number of carboxylic acid groups (broad SMARTS) is 1. The highest BCUT2D eigenvalue weighted by molar-refractivity contribution is 7.89. The standard InChI is InChI=1S/C25H35NO5S/c1-15(2)19-11-9-12-20(16(3)4)23(19)26(25(27)28)32(29,30)31-24-21(17(5)6)13-10-14-22(24)18(7)8/h9-18H,1-8H3,(H,27,28). The van der Waals surface area contributed by atoms with Crippen molar-refractivity contribution in [3.8, 4) is 5.75 Å². The number of anilines is 1. The van der Waals surface area contributed by atoms with E-state index >= 15 is 0 Å². The molecule has 0 fully saturated rings. The molecule has 0 saturated carbocycles. The van der Waals surface area contributed by atoms with Crippen LogP contribution in [0, 0.1) is 0 Å². The zero-order valence-corrected chi connectivity index (χ0v) is 21.0. The summed E-state index contributed by atoms with van der Waals surface area (Å²) in [5.74, 6) is 0.0134. The molecule has 2 rings (SSSR count). The quantitative estimate of drug-likeness (QED) is 0.458. The van der Waals surface area contributed by atoms with Gasteiger partial charge in [-0.2, -0.15) is 8.42 Å². The zero-order valence-electron chi connectivity index (χ0n) is 20.2. The zero-order chi connectivity index (χ0) is 24.4. The van der Waals surface area contributed by atoms with Crippen LogP contribution in [-0.2, 0) is 10.3 Å². The van der Waals surface area contributed by atoms with E-state index in [0.29, 0.717) is 26.6 Å². The highest BCUT2D eigenvalue weighted by Gasteiger charge is 2.37. The van der Waals surface area contributed by atoms with Gasteiger partial charge >= 0.3 is 16.4 Å². The summed E-state index contributed by atoms with van der Waals surface area (Å²) in [7, 11) is -4.72. The van der Waals surface area contributed by atoms with Gasteiger partial charge in [0.05, 0.1) is 5.69 Å². The summed E-state index contributed by atoms with van der Waals surface area (Å²) < 4.78 is 33.2. The van der Waals surface area contributed by atoms with Crippen molar-refractivity contribution in [2.24, 2.45) is 0 Å². The highest BCUT2D eigenvalue weighted by atomic mass is 32.2. The maximum atomic E-state index is 13.6. The molecule has 0 heterocycles. The van der Waals surface area contributed by atoms with Gasteiger partial charge in [-0.25, -0.2) is 4.79 Å². The SMILES string of the molecule is CC(C)c1cccc(C(C)C)c1OS(=O)(=O)N(C(=O)O)c1c(C(C)C)cccc1C(C)C. The first-order chi connectivity index (χ1) is 14.8. The molecule has 0 radical (unpaired) electrons. The number of carbonyl (C=O) groups is 1. The third kappa shape index (κ3) is 5.26. The van der Waals surface area contributed by atoms with Crippen molar-refractivity contribution >= 4 is 22.1 Å². The van der Waals surface area contributed by atoms with Crippen molar-refractivity contribution in [2.45, 2.75) is 79.1 Å². The molecule has 6 nitrogen and oxygen atoms in total. The summed E-state index contributed by atoms with van der Waals surface area (Å²) >= 11 is 0. The van der Waals surface area contributed by atoms with Crippen molar-refractivity contribution in [2.75, 3.05) is 4.31 Å². The molecule has 32 heavy (non-hydrogen) atoms. The van der Waals surface area contributed by atoms with E-state index in [1.165, 1.54) is 0 Å². The molecule has 0 spiro atoms. The molecule has 0 aromatic heterocycles. The Labute approximate surface area is 192 Å². The molecule has 0 aliphatic rings. The van der Waals surface area contributed by atoms with Gasteiger partial charge in [-0.3, -0.25) is 0 Å². The first kappa shape index (κ1) is 25.7. The monoisotopic (exact) mass is 461 g/mol. The highest BCUT2D eigenvalue weighted by Crippen LogP contribution is 2.40. The van der Waals surface area contributed by atoms with Crippen molar-refractivity contribution in [3.63, 3.8) is 0 Å². The fraction of sp³-hybridized carbons (Fsp3) is 0.480. The van der Waals surface area contributed by atoms with Crippen LogP contribution in [0.25, 0.3) is 0 Å². The summed E-state index contributed by atoms with van der Waals surface area (Å²) in [4.78, 5) is 12.4. The Morgan fingerprint density at radius 2 is 1.09 bits per heavy atom. The Hall–Kier alpha value is -2.54. The van der Waals surface area contributed by atoms with Crippen LogP contribution in [-0.4, -0.2) is 19.6 Å². The predicted molar refractivity (Wildman–Crippen MR) is 129 cm³/mol. The second-order valence-electron chi connectivity index (χ2n) is 9.26. The second-order valence-corrected chi connectivity index (χ2v) is 10.6. The van der Waals surface area contributed by atoms with E-state index in [2.05, 4.69) is 0 Å². The van der Waals surface area contributed by atoms with Gasteiger partial charge in [0.1, 0.15) is 0 Å². The minimum atomic E-state index is -4.72. The molecule has 2 aromatic rings. The lowest BCUT2D eigenvalue weighted by Crippen LogP contribution is -2.40. The van der Waals surface area contributed by atoms with Gasteiger partial charge in [0.25, 0.3) is 0 Å². The van der Waals surface area contributed by atoms with Crippen LogP contribution in [0.1, 0.15) is 101 Å². The minimum absolute atomic E-state index is 0.00801. The van der Waals surface area contributed by atoms with Crippen LogP contribution >= 0.6 is 0 Å². The molecule has 1 N–H and O–H groups in total. The molecule has 7 heteroatoms. The molecule has 0 unspecified atom stereocenters. The lowest BCUT2D eigenvalue weighted by molar-refractivity contribution is 0.205. The fourth-order valence-corrected chi connectivity index (χ4v) is 4.87. The average Bonchev–Trinajstić information content (AvgIpc) is 2.66. The summed E-state index contributed by atoms with van der Waals surface area (Å²) in [5, 5.41) is 10.1. The first-order valence-electron chi connectivity index (χ1n) is 11.0. The van der Waals surface area contributed by atoms with Gasteiger partial charge in [-0.05, 0) is 45.9 Å². The average molecular weight is 462 g/mol. The summed E-state index contributed by atoms with van der Waals surface area (Å²) in [6.07, 6.45) is -1.60. The molecular formula is C25H35NO5S. The van der Waals surface area contributed by atoms with E-state index in [1.54, 1.807) is 12.1 Å². The maximum absolute atomic E-state index is 13.6. The second kappa shape index (κ2) is 9.94. The van der Waals surface area contributed by atoms with Gasteiger partial charge in [0.15, 0.2) is 5.75 Å². The molecule has 176 valence electrons. The van der Waals surface area contributed by atoms with Crippen LogP contribution in [0.4, 0.5) is 10.5 Å². The lowest BCUT2D eigenvalue weighted by atomic mass is 9.93. The number of benzene rings is 2. The number of hydrogen-bond acceptors (Lipinski definition) is 4. The molecule has 0 saturated heterocycles. The summed E-state index contributed by atoms with van der Waals surface area (Å²) in [6, 6.07) is 10.8. The fourth-order valence-electron chi connectivity index (χ4n) is 3.77. The van der Waals surface area contributed by atoms with Crippen molar-refractivity contribution in [3.05, 3.63) is 58.7 Å². The van der Waals surface area contributed by atoms with Crippen LogP contribution in [0.3, 0.4) is 0 Å². The number of hydrogen-bond donors (Lipinski definition) is 1. The largest absolute Gasteiger partial charge is 0.464 e. The Morgan fingerprint density at radius 3 is 1.41 bits per heavy atom. The minimum Gasteiger partial charge on any atom is -0.464 e. The Morgan fingerprint density at radius 1 is 0.750 bits per heavy atom. The molecule has 2 aromatic carbocycles. The van der Waals surface area contributed by atoms with Gasteiger partial charge < -0.3 is 9.29 Å². The van der Waals surface area contributed by atoms with Crippen LogP contribution in [0.15, 0.2) is 36.4 Å². The predicted octanol–water partition coefficient (Wildman–Crippen LogP) is 6.99. The Balaban J connectivity index is 2.78. The van der Waals surface area contributed by atoms with E-state index in [1.807, 2.05) is 79.7 Å². The van der Waals surface area contributed by atoms with Gasteiger partial charge in [-0.15, -0.1) is 4.31 Å². The summed E-state index contributed by atoms with van der Waals surface area (Å²) in [6.45, 7) is 15.4.